The molecule has 0 bridgehead atoms. The molecule has 0 aromatic carbocycles. The summed E-state index contributed by atoms with van der Waals surface area (Å²) < 4.78 is 0. The lowest BCUT2D eigenvalue weighted by Crippen LogP contribution is -2.24. The second-order valence-corrected chi connectivity index (χ2v) is 8.42. The van der Waals surface area contributed by atoms with E-state index in [0.717, 1.165) is 17.9 Å². The van der Waals surface area contributed by atoms with Crippen molar-refractivity contribution in [2.45, 2.75) is 58.4 Å². The van der Waals surface area contributed by atoms with Crippen LogP contribution in [0.5, 0.6) is 0 Å². The van der Waals surface area contributed by atoms with Crippen molar-refractivity contribution in [3.05, 3.63) is 21.9 Å². The number of thiophene rings is 1. The summed E-state index contributed by atoms with van der Waals surface area (Å²) in [5.41, 5.74) is 1.03. The van der Waals surface area contributed by atoms with Gasteiger partial charge in [0.2, 0.25) is 0 Å². The SMILES string of the molecule is CC(C)(C)c1ccc(CNCC2(C3CC3)CC2)s1. The van der Waals surface area contributed by atoms with Gasteiger partial charge in [0.25, 0.3) is 0 Å². The van der Waals surface area contributed by atoms with Crippen LogP contribution in [0.2, 0.25) is 0 Å². The Morgan fingerprint density at radius 1 is 1.28 bits per heavy atom. The number of nitrogens with one attached hydrogen (secondary N) is 1. The fourth-order valence-corrected chi connectivity index (χ4v) is 3.93. The Kier molecular flexibility index (Phi) is 3.06. The average Bonchev–Trinajstić information content (AvgIpc) is 3.16. The first kappa shape index (κ1) is 12.7. The molecule has 0 amide bonds. The summed E-state index contributed by atoms with van der Waals surface area (Å²) in [5.74, 6) is 1.07. The van der Waals surface area contributed by atoms with Gasteiger partial charge in [0.15, 0.2) is 0 Å². The fourth-order valence-electron chi connectivity index (χ4n) is 2.90. The van der Waals surface area contributed by atoms with Crippen LogP contribution in [-0.2, 0) is 12.0 Å². The zero-order valence-electron chi connectivity index (χ0n) is 11.9. The second-order valence-electron chi connectivity index (χ2n) is 7.26. The summed E-state index contributed by atoms with van der Waals surface area (Å²) in [6.07, 6.45) is 5.94. The Hall–Kier alpha value is -0.340. The van der Waals surface area contributed by atoms with Crippen LogP contribution in [-0.4, -0.2) is 6.54 Å². The van der Waals surface area contributed by atoms with Gasteiger partial charge in [0.1, 0.15) is 0 Å². The Labute approximate surface area is 115 Å². The molecule has 2 aliphatic rings. The molecule has 2 aliphatic carbocycles. The monoisotopic (exact) mass is 263 g/mol. The van der Waals surface area contributed by atoms with Crippen molar-refractivity contribution in [1.82, 2.24) is 5.32 Å². The van der Waals surface area contributed by atoms with Crippen LogP contribution in [0.15, 0.2) is 12.1 Å². The third-order valence-corrected chi connectivity index (χ3v) is 6.02. The smallest absolute Gasteiger partial charge is 0.0300 e. The van der Waals surface area contributed by atoms with Crippen LogP contribution in [0.1, 0.15) is 56.2 Å². The largest absolute Gasteiger partial charge is 0.311 e. The molecule has 1 aromatic rings. The Morgan fingerprint density at radius 3 is 2.50 bits per heavy atom. The van der Waals surface area contributed by atoms with Gasteiger partial charge < -0.3 is 5.32 Å². The lowest BCUT2D eigenvalue weighted by Gasteiger charge is -2.16. The van der Waals surface area contributed by atoms with Gasteiger partial charge in [-0.25, -0.2) is 0 Å². The molecule has 0 unspecified atom stereocenters. The second kappa shape index (κ2) is 4.35. The van der Waals surface area contributed by atoms with Crippen LogP contribution in [0.25, 0.3) is 0 Å². The highest BCUT2D eigenvalue weighted by atomic mass is 32.1. The van der Waals surface area contributed by atoms with Crippen LogP contribution in [0.3, 0.4) is 0 Å². The Morgan fingerprint density at radius 2 is 2.00 bits per heavy atom. The molecule has 1 heterocycles. The molecule has 0 saturated heterocycles. The third-order valence-electron chi connectivity index (χ3n) is 4.51. The lowest BCUT2D eigenvalue weighted by molar-refractivity contribution is 0.404. The molecule has 1 nitrogen and oxygen atoms in total. The van der Waals surface area contributed by atoms with Crippen molar-refractivity contribution >= 4 is 11.3 Å². The normalized spacial score (nSPS) is 22.2. The van der Waals surface area contributed by atoms with Crippen LogP contribution >= 0.6 is 11.3 Å². The first-order chi connectivity index (χ1) is 8.50. The molecule has 2 fully saturated rings. The van der Waals surface area contributed by atoms with Crippen molar-refractivity contribution in [1.29, 1.82) is 0 Å². The quantitative estimate of drug-likeness (QED) is 0.834. The predicted octanol–water partition coefficient (Wildman–Crippen LogP) is 4.33. The van der Waals surface area contributed by atoms with Gasteiger partial charge in [-0.2, -0.15) is 0 Å². The maximum Gasteiger partial charge on any atom is 0.0300 e. The summed E-state index contributed by atoms with van der Waals surface area (Å²) in [6.45, 7) is 9.20. The number of rotatable bonds is 5. The minimum absolute atomic E-state index is 0.300. The van der Waals surface area contributed by atoms with Gasteiger partial charge in [0.05, 0.1) is 0 Å². The highest BCUT2D eigenvalue weighted by Gasteiger charge is 2.53. The Balaban J connectivity index is 1.50. The highest BCUT2D eigenvalue weighted by Crippen LogP contribution is 2.60. The van der Waals surface area contributed by atoms with E-state index >= 15 is 0 Å². The van der Waals surface area contributed by atoms with Crippen molar-refractivity contribution in [2.24, 2.45) is 11.3 Å². The van der Waals surface area contributed by atoms with Gasteiger partial charge in [-0.1, -0.05) is 20.8 Å². The first-order valence-corrected chi connectivity index (χ1v) is 8.11. The molecule has 3 rings (SSSR count). The molecular formula is C16H25NS. The lowest BCUT2D eigenvalue weighted by atomic mass is 9.95. The van der Waals surface area contributed by atoms with Gasteiger partial charge in [-0.3, -0.25) is 0 Å². The van der Waals surface area contributed by atoms with Gasteiger partial charge >= 0.3 is 0 Å². The van der Waals surface area contributed by atoms with Gasteiger partial charge in [-0.15, -0.1) is 11.3 Å². The van der Waals surface area contributed by atoms with E-state index in [4.69, 9.17) is 0 Å². The average molecular weight is 263 g/mol. The molecule has 0 radical (unpaired) electrons. The topological polar surface area (TPSA) is 12.0 Å². The van der Waals surface area contributed by atoms with E-state index in [9.17, 15) is 0 Å². The van der Waals surface area contributed by atoms with Crippen molar-refractivity contribution in [3.63, 3.8) is 0 Å². The highest BCUT2D eigenvalue weighted by molar-refractivity contribution is 7.12. The molecule has 0 spiro atoms. The number of hydrogen-bond donors (Lipinski definition) is 1. The molecule has 100 valence electrons. The van der Waals surface area contributed by atoms with Crippen LogP contribution < -0.4 is 5.32 Å². The molecule has 1 N–H and O–H groups in total. The zero-order valence-corrected chi connectivity index (χ0v) is 12.7. The molecule has 1 aromatic heterocycles. The molecule has 2 heteroatoms. The minimum atomic E-state index is 0.300. The van der Waals surface area contributed by atoms with E-state index in [0.29, 0.717) is 5.41 Å². The van der Waals surface area contributed by atoms with Crippen molar-refractivity contribution in [3.8, 4) is 0 Å². The zero-order chi connectivity index (χ0) is 12.8. The van der Waals surface area contributed by atoms with Crippen molar-refractivity contribution < 1.29 is 0 Å². The number of hydrogen-bond acceptors (Lipinski definition) is 2. The fraction of sp³-hybridized carbons (Fsp3) is 0.750. The maximum atomic E-state index is 3.70. The summed E-state index contributed by atoms with van der Waals surface area (Å²) in [5, 5.41) is 3.70. The Bertz CT molecular complexity index is 419. The minimum Gasteiger partial charge on any atom is -0.311 e. The van der Waals surface area contributed by atoms with E-state index in [2.05, 4.69) is 38.2 Å². The molecule has 2 saturated carbocycles. The summed E-state index contributed by atoms with van der Waals surface area (Å²) in [4.78, 5) is 2.99. The first-order valence-electron chi connectivity index (χ1n) is 7.30. The van der Waals surface area contributed by atoms with Gasteiger partial charge in [-0.05, 0) is 54.6 Å². The third kappa shape index (κ3) is 2.65. The summed E-state index contributed by atoms with van der Waals surface area (Å²) >= 11 is 1.97. The molecule has 18 heavy (non-hydrogen) atoms. The van der Waals surface area contributed by atoms with E-state index in [1.54, 1.807) is 0 Å². The maximum absolute atomic E-state index is 3.70. The molecular weight excluding hydrogens is 238 g/mol. The summed E-state index contributed by atoms with van der Waals surface area (Å²) in [7, 11) is 0. The van der Waals surface area contributed by atoms with E-state index < -0.39 is 0 Å². The van der Waals surface area contributed by atoms with E-state index in [1.165, 1.54) is 42.0 Å². The summed E-state index contributed by atoms with van der Waals surface area (Å²) in [6, 6.07) is 4.60. The van der Waals surface area contributed by atoms with E-state index in [1.807, 2.05) is 11.3 Å². The molecule has 0 atom stereocenters. The van der Waals surface area contributed by atoms with Gasteiger partial charge in [0, 0.05) is 22.8 Å². The standard InChI is InChI=1S/C16H25NS/c1-15(2,3)14-7-6-13(18-14)10-17-11-16(8-9-16)12-4-5-12/h6-7,12,17H,4-5,8-11H2,1-3H3. The molecule has 0 aliphatic heterocycles. The predicted molar refractivity (Wildman–Crippen MR) is 79.1 cm³/mol. The van der Waals surface area contributed by atoms with Crippen LogP contribution in [0.4, 0.5) is 0 Å². The van der Waals surface area contributed by atoms with E-state index in [-0.39, 0.29) is 0 Å². The van der Waals surface area contributed by atoms with Crippen LogP contribution in [0, 0.1) is 11.3 Å². The van der Waals surface area contributed by atoms with Crippen molar-refractivity contribution in [2.75, 3.05) is 6.54 Å².